The van der Waals surface area contributed by atoms with Gasteiger partial charge < -0.3 is 9.88 Å². The lowest BCUT2D eigenvalue weighted by atomic mass is 10.1. The number of aromatic nitrogens is 4. The lowest BCUT2D eigenvalue weighted by Crippen LogP contribution is -2.24. The number of amides is 1. The molecule has 2 heterocycles. The van der Waals surface area contributed by atoms with Gasteiger partial charge in [0, 0.05) is 11.4 Å². The van der Waals surface area contributed by atoms with Crippen LogP contribution in [0.25, 0.3) is 0 Å². The van der Waals surface area contributed by atoms with E-state index in [9.17, 15) is 4.79 Å². The Hall–Kier alpha value is -2.89. The molecule has 6 heteroatoms. The zero-order valence-corrected chi connectivity index (χ0v) is 14.1. The fourth-order valence-electron chi connectivity index (χ4n) is 3.06. The molecule has 1 atom stereocenters. The minimum atomic E-state index is -0.106. The van der Waals surface area contributed by atoms with Crippen molar-refractivity contribution < 1.29 is 4.79 Å². The summed E-state index contributed by atoms with van der Waals surface area (Å²) in [6.45, 7) is 6.48. The average Bonchev–Trinajstić information content (AvgIpc) is 3.21. The highest BCUT2D eigenvalue weighted by atomic mass is 16.1. The lowest BCUT2D eigenvalue weighted by Gasteiger charge is -2.19. The zero-order valence-electron chi connectivity index (χ0n) is 14.1. The third-order valence-corrected chi connectivity index (χ3v) is 4.28. The van der Waals surface area contributed by atoms with Crippen LogP contribution in [0.15, 0.2) is 42.7 Å². The van der Waals surface area contributed by atoms with Gasteiger partial charge in [-0.25, -0.2) is 4.98 Å². The van der Waals surface area contributed by atoms with Crippen LogP contribution >= 0.6 is 0 Å². The molecule has 0 radical (unpaired) electrons. The second kappa shape index (κ2) is 6.70. The first-order valence-corrected chi connectivity index (χ1v) is 7.93. The number of rotatable bonds is 5. The number of aromatic amines is 1. The van der Waals surface area contributed by atoms with Gasteiger partial charge in [-0.3, -0.25) is 9.89 Å². The molecule has 1 amide bonds. The summed E-state index contributed by atoms with van der Waals surface area (Å²) in [6.07, 6.45) is 1.43. The van der Waals surface area contributed by atoms with Crippen LogP contribution in [0.1, 0.15) is 46.1 Å². The summed E-state index contributed by atoms with van der Waals surface area (Å²) in [5, 5.41) is 9.38. The van der Waals surface area contributed by atoms with Crippen molar-refractivity contribution in [2.24, 2.45) is 0 Å². The van der Waals surface area contributed by atoms with Gasteiger partial charge in [-0.05, 0) is 32.4 Å². The van der Waals surface area contributed by atoms with Crippen LogP contribution in [-0.2, 0) is 6.54 Å². The van der Waals surface area contributed by atoms with Crippen LogP contribution in [-0.4, -0.2) is 25.7 Å². The first kappa shape index (κ1) is 16.0. The second-order valence-corrected chi connectivity index (χ2v) is 5.86. The smallest absolute Gasteiger partial charge is 0.253 e. The summed E-state index contributed by atoms with van der Waals surface area (Å²) in [6, 6.07) is 12.4. The van der Waals surface area contributed by atoms with Crippen molar-refractivity contribution in [2.45, 2.75) is 33.4 Å². The van der Waals surface area contributed by atoms with Crippen LogP contribution in [0.4, 0.5) is 0 Å². The van der Waals surface area contributed by atoms with Crippen LogP contribution in [0, 0.1) is 13.8 Å². The number of aryl methyl sites for hydroxylation is 1. The predicted octanol–water partition coefficient (Wildman–Crippen LogP) is 2.76. The van der Waals surface area contributed by atoms with Crippen LogP contribution in [0.2, 0.25) is 0 Å². The first-order chi connectivity index (χ1) is 11.6. The molecular formula is C18H21N5O. The second-order valence-electron chi connectivity index (χ2n) is 5.86. The molecular weight excluding hydrogens is 302 g/mol. The van der Waals surface area contributed by atoms with Gasteiger partial charge in [0.15, 0.2) is 0 Å². The maximum Gasteiger partial charge on any atom is 0.253 e. The molecule has 0 spiro atoms. The SMILES string of the molecule is Cc1cc(C(=O)NCc2ncn[nH]2)c(C)n1[C@@H](C)c1ccccc1. The number of carbonyl (C=O) groups is 1. The number of hydrogen-bond donors (Lipinski definition) is 2. The number of nitrogens with zero attached hydrogens (tertiary/aromatic N) is 3. The molecule has 0 aliphatic heterocycles. The maximum atomic E-state index is 12.5. The van der Waals surface area contributed by atoms with Gasteiger partial charge in [-0.2, -0.15) is 5.10 Å². The highest BCUT2D eigenvalue weighted by molar-refractivity contribution is 5.95. The number of benzene rings is 1. The molecule has 0 saturated carbocycles. The van der Waals surface area contributed by atoms with Gasteiger partial charge in [-0.15, -0.1) is 0 Å². The molecule has 0 unspecified atom stereocenters. The van der Waals surface area contributed by atoms with E-state index in [0.29, 0.717) is 17.9 Å². The largest absolute Gasteiger partial charge is 0.345 e. The zero-order chi connectivity index (χ0) is 17.1. The van der Waals surface area contributed by atoms with E-state index < -0.39 is 0 Å². The Labute approximate surface area is 140 Å². The van der Waals surface area contributed by atoms with E-state index in [4.69, 9.17) is 0 Å². The summed E-state index contributed by atoms with van der Waals surface area (Å²) in [5.41, 5.74) is 3.93. The maximum absolute atomic E-state index is 12.5. The Bertz CT molecular complexity index is 821. The topological polar surface area (TPSA) is 75.6 Å². The molecule has 24 heavy (non-hydrogen) atoms. The summed E-state index contributed by atoms with van der Waals surface area (Å²) < 4.78 is 2.19. The molecule has 0 fully saturated rings. The number of H-pyrrole nitrogens is 1. The number of carbonyl (C=O) groups excluding carboxylic acids is 1. The van der Waals surface area contributed by atoms with E-state index in [1.54, 1.807) is 0 Å². The number of hydrogen-bond acceptors (Lipinski definition) is 3. The fourth-order valence-corrected chi connectivity index (χ4v) is 3.06. The van der Waals surface area contributed by atoms with Crippen LogP contribution in [0.5, 0.6) is 0 Å². The van der Waals surface area contributed by atoms with E-state index in [2.05, 4.69) is 44.1 Å². The van der Waals surface area contributed by atoms with Crippen molar-refractivity contribution in [1.29, 1.82) is 0 Å². The van der Waals surface area contributed by atoms with Gasteiger partial charge in [0.1, 0.15) is 12.2 Å². The van der Waals surface area contributed by atoms with Gasteiger partial charge in [0.25, 0.3) is 5.91 Å². The summed E-state index contributed by atoms with van der Waals surface area (Å²) in [7, 11) is 0. The van der Waals surface area contributed by atoms with Crippen molar-refractivity contribution in [1.82, 2.24) is 25.1 Å². The Morgan fingerprint density at radius 2 is 2.04 bits per heavy atom. The van der Waals surface area contributed by atoms with Crippen molar-refractivity contribution >= 4 is 5.91 Å². The third-order valence-electron chi connectivity index (χ3n) is 4.28. The van der Waals surface area contributed by atoms with Gasteiger partial charge in [0.05, 0.1) is 18.2 Å². The standard InChI is InChI=1S/C18H21N5O/c1-12-9-16(18(24)19-10-17-20-11-21-22-17)14(3)23(12)13(2)15-7-5-4-6-8-15/h4-9,11,13H,10H2,1-3H3,(H,19,24)(H,20,21,22)/t13-/m0/s1. The predicted molar refractivity (Wildman–Crippen MR) is 91.7 cm³/mol. The van der Waals surface area contributed by atoms with Crippen molar-refractivity contribution in [3.8, 4) is 0 Å². The molecule has 0 aliphatic rings. The minimum Gasteiger partial charge on any atom is -0.345 e. The fraction of sp³-hybridized carbons (Fsp3) is 0.278. The molecule has 2 N–H and O–H groups in total. The van der Waals surface area contributed by atoms with E-state index >= 15 is 0 Å². The van der Waals surface area contributed by atoms with Crippen molar-refractivity contribution in [3.05, 3.63) is 71.1 Å². The molecule has 0 aliphatic carbocycles. The van der Waals surface area contributed by atoms with E-state index in [1.165, 1.54) is 11.9 Å². The molecule has 6 nitrogen and oxygen atoms in total. The lowest BCUT2D eigenvalue weighted by molar-refractivity contribution is 0.0949. The molecule has 0 bridgehead atoms. The monoisotopic (exact) mass is 323 g/mol. The van der Waals surface area contributed by atoms with Gasteiger partial charge in [0.2, 0.25) is 0 Å². The van der Waals surface area contributed by atoms with Crippen LogP contribution in [0.3, 0.4) is 0 Å². The quantitative estimate of drug-likeness (QED) is 0.758. The summed E-state index contributed by atoms with van der Waals surface area (Å²) >= 11 is 0. The van der Waals surface area contributed by atoms with Crippen molar-refractivity contribution in [3.63, 3.8) is 0 Å². The van der Waals surface area contributed by atoms with Gasteiger partial charge in [-0.1, -0.05) is 30.3 Å². The third kappa shape index (κ3) is 3.08. The highest BCUT2D eigenvalue weighted by Crippen LogP contribution is 2.25. The van der Waals surface area contributed by atoms with E-state index in [0.717, 1.165) is 11.4 Å². The Balaban J connectivity index is 1.82. The normalized spacial score (nSPS) is 12.1. The Kier molecular flexibility index (Phi) is 4.46. The Morgan fingerprint density at radius 3 is 2.71 bits per heavy atom. The van der Waals surface area contributed by atoms with Crippen molar-refractivity contribution in [2.75, 3.05) is 0 Å². The molecule has 2 aromatic heterocycles. The summed E-state index contributed by atoms with van der Waals surface area (Å²) in [4.78, 5) is 16.5. The molecule has 1 aromatic carbocycles. The molecule has 3 aromatic rings. The molecule has 124 valence electrons. The van der Waals surface area contributed by atoms with E-state index in [1.807, 2.05) is 38.1 Å². The average molecular weight is 323 g/mol. The number of nitrogens with one attached hydrogen (secondary N) is 2. The Morgan fingerprint density at radius 1 is 1.29 bits per heavy atom. The van der Waals surface area contributed by atoms with Crippen LogP contribution < -0.4 is 5.32 Å². The van der Waals surface area contributed by atoms with Gasteiger partial charge >= 0.3 is 0 Å². The van der Waals surface area contributed by atoms with E-state index in [-0.39, 0.29) is 11.9 Å². The highest BCUT2D eigenvalue weighted by Gasteiger charge is 2.19. The molecule has 0 saturated heterocycles. The molecule has 3 rings (SSSR count). The minimum absolute atomic E-state index is 0.106. The first-order valence-electron chi connectivity index (χ1n) is 7.93. The summed E-state index contributed by atoms with van der Waals surface area (Å²) in [5.74, 6) is 0.529.